The lowest BCUT2D eigenvalue weighted by Crippen LogP contribution is -2.48. The van der Waals surface area contributed by atoms with Crippen molar-refractivity contribution in [3.05, 3.63) is 35.9 Å². The van der Waals surface area contributed by atoms with Crippen LogP contribution in [-0.2, 0) is 4.74 Å². The van der Waals surface area contributed by atoms with Crippen LogP contribution >= 0.6 is 24.0 Å². The highest BCUT2D eigenvalue weighted by Crippen LogP contribution is 2.21. The molecule has 1 unspecified atom stereocenters. The Labute approximate surface area is 175 Å². The van der Waals surface area contributed by atoms with Crippen LogP contribution in [0.25, 0.3) is 0 Å². The third-order valence-electron chi connectivity index (χ3n) is 5.30. The summed E-state index contributed by atoms with van der Waals surface area (Å²) in [5.41, 5.74) is 1.35. The number of nitrogens with one attached hydrogen (secondary N) is 2. The summed E-state index contributed by atoms with van der Waals surface area (Å²) in [6, 6.07) is 11.7. The van der Waals surface area contributed by atoms with Crippen LogP contribution < -0.4 is 10.6 Å². The molecule has 2 N–H and O–H groups in total. The van der Waals surface area contributed by atoms with E-state index in [1.165, 1.54) is 37.7 Å². The Kier molecular flexibility index (Phi) is 9.71. The number of benzene rings is 1. The van der Waals surface area contributed by atoms with Gasteiger partial charge in [0.25, 0.3) is 0 Å². The summed E-state index contributed by atoms with van der Waals surface area (Å²) >= 11 is 0. The number of aliphatic imine (C=N–C) groups is 1. The van der Waals surface area contributed by atoms with Crippen LogP contribution in [0.2, 0.25) is 0 Å². The maximum absolute atomic E-state index is 5.53. The van der Waals surface area contributed by atoms with Gasteiger partial charge in [0.1, 0.15) is 0 Å². The van der Waals surface area contributed by atoms with Gasteiger partial charge in [-0.15, -0.1) is 24.0 Å². The van der Waals surface area contributed by atoms with Crippen molar-refractivity contribution in [3.8, 4) is 0 Å². The van der Waals surface area contributed by atoms with E-state index in [1.54, 1.807) is 0 Å². The van der Waals surface area contributed by atoms with Crippen LogP contribution in [0.15, 0.2) is 35.3 Å². The smallest absolute Gasteiger partial charge is 0.191 e. The number of nitrogens with zero attached hydrogens (tertiary/aromatic N) is 2. The summed E-state index contributed by atoms with van der Waals surface area (Å²) in [7, 11) is 1.87. The van der Waals surface area contributed by atoms with Gasteiger partial charge in [-0.3, -0.25) is 9.89 Å². The van der Waals surface area contributed by atoms with Gasteiger partial charge in [0.2, 0.25) is 0 Å². The van der Waals surface area contributed by atoms with Crippen molar-refractivity contribution in [2.45, 2.75) is 44.2 Å². The lowest BCUT2D eigenvalue weighted by Gasteiger charge is -2.35. The summed E-state index contributed by atoms with van der Waals surface area (Å²) in [5.74, 6) is 0.932. The summed E-state index contributed by atoms with van der Waals surface area (Å²) in [6.07, 6.45) is 6.54. The molecule has 0 spiro atoms. The predicted octanol–water partition coefficient (Wildman–Crippen LogP) is 3.18. The fraction of sp³-hybridized carbons (Fsp3) is 0.650. The zero-order valence-electron chi connectivity index (χ0n) is 15.8. The van der Waals surface area contributed by atoms with Gasteiger partial charge < -0.3 is 15.4 Å². The number of rotatable bonds is 5. The molecular formula is C20H33IN4O. The third-order valence-corrected chi connectivity index (χ3v) is 5.30. The summed E-state index contributed by atoms with van der Waals surface area (Å²) < 4.78 is 5.53. The molecule has 6 heteroatoms. The largest absolute Gasteiger partial charge is 0.379 e. The Morgan fingerprint density at radius 3 is 2.50 bits per heavy atom. The first kappa shape index (κ1) is 21.4. The number of ether oxygens (including phenoxy) is 1. The molecule has 1 aromatic rings. The summed E-state index contributed by atoms with van der Waals surface area (Å²) in [5, 5.41) is 7.18. The molecule has 0 amide bonds. The van der Waals surface area contributed by atoms with E-state index < -0.39 is 0 Å². The molecule has 2 fully saturated rings. The van der Waals surface area contributed by atoms with Crippen molar-refractivity contribution in [1.82, 2.24) is 15.5 Å². The van der Waals surface area contributed by atoms with Crippen LogP contribution in [0.4, 0.5) is 0 Å². The van der Waals surface area contributed by atoms with Crippen LogP contribution in [0, 0.1) is 0 Å². The molecule has 5 nitrogen and oxygen atoms in total. The van der Waals surface area contributed by atoms with Crippen LogP contribution in [0.1, 0.15) is 43.7 Å². The summed E-state index contributed by atoms with van der Waals surface area (Å²) in [4.78, 5) is 6.96. The van der Waals surface area contributed by atoms with Gasteiger partial charge in [-0.2, -0.15) is 0 Å². The molecule has 1 saturated carbocycles. The van der Waals surface area contributed by atoms with E-state index in [9.17, 15) is 0 Å². The van der Waals surface area contributed by atoms with Crippen molar-refractivity contribution >= 4 is 29.9 Å². The van der Waals surface area contributed by atoms with Crippen molar-refractivity contribution in [3.63, 3.8) is 0 Å². The first-order chi connectivity index (χ1) is 12.4. The lowest BCUT2D eigenvalue weighted by molar-refractivity contribution is 0.0170. The fourth-order valence-electron chi connectivity index (χ4n) is 3.85. The zero-order valence-corrected chi connectivity index (χ0v) is 18.2. The van der Waals surface area contributed by atoms with Gasteiger partial charge in [-0.25, -0.2) is 0 Å². The first-order valence-electron chi connectivity index (χ1n) is 9.71. The predicted molar refractivity (Wildman–Crippen MR) is 118 cm³/mol. The number of guanidine groups is 1. The third kappa shape index (κ3) is 6.39. The Balaban J connectivity index is 0.00000243. The van der Waals surface area contributed by atoms with Gasteiger partial charge in [-0.05, 0) is 18.4 Å². The molecule has 0 radical (unpaired) electrons. The maximum Gasteiger partial charge on any atom is 0.191 e. The molecular weight excluding hydrogens is 439 g/mol. The topological polar surface area (TPSA) is 48.9 Å². The standard InChI is InChI=1S/C20H32N4O.HI/c1-21-20(23-18-10-6-3-7-11-18)22-16-19(17-8-4-2-5-9-17)24-12-14-25-15-13-24;/h2,4-5,8-9,18-19H,3,6-7,10-16H2,1H3,(H2,21,22,23);1H. The second kappa shape index (κ2) is 11.8. The first-order valence-corrected chi connectivity index (χ1v) is 9.71. The second-order valence-corrected chi connectivity index (χ2v) is 7.01. The minimum absolute atomic E-state index is 0. The Bertz CT molecular complexity index is 528. The minimum Gasteiger partial charge on any atom is -0.379 e. The Hall–Kier alpha value is -0.860. The van der Waals surface area contributed by atoms with Crippen LogP contribution in [0.3, 0.4) is 0 Å². The monoisotopic (exact) mass is 472 g/mol. The number of halogens is 1. The molecule has 0 aromatic heterocycles. The van der Waals surface area contributed by atoms with Gasteiger partial charge >= 0.3 is 0 Å². The minimum atomic E-state index is 0. The van der Waals surface area contributed by atoms with E-state index >= 15 is 0 Å². The molecule has 1 atom stereocenters. The highest BCUT2D eigenvalue weighted by Gasteiger charge is 2.23. The Morgan fingerprint density at radius 1 is 1.15 bits per heavy atom. The molecule has 1 aliphatic heterocycles. The van der Waals surface area contributed by atoms with E-state index in [0.29, 0.717) is 12.1 Å². The van der Waals surface area contributed by atoms with Crippen molar-refractivity contribution < 1.29 is 4.74 Å². The molecule has 26 heavy (non-hydrogen) atoms. The van der Waals surface area contributed by atoms with Gasteiger partial charge in [-0.1, -0.05) is 49.6 Å². The van der Waals surface area contributed by atoms with E-state index in [-0.39, 0.29) is 24.0 Å². The van der Waals surface area contributed by atoms with E-state index in [1.807, 2.05) is 7.05 Å². The highest BCUT2D eigenvalue weighted by molar-refractivity contribution is 14.0. The average molecular weight is 472 g/mol. The molecule has 1 saturated heterocycles. The van der Waals surface area contributed by atoms with Gasteiger partial charge in [0, 0.05) is 32.7 Å². The average Bonchev–Trinajstić information content (AvgIpc) is 2.69. The van der Waals surface area contributed by atoms with E-state index in [4.69, 9.17) is 4.74 Å². The maximum atomic E-state index is 5.53. The quantitative estimate of drug-likeness (QED) is 0.393. The van der Waals surface area contributed by atoms with Crippen molar-refractivity contribution in [2.75, 3.05) is 39.9 Å². The zero-order chi connectivity index (χ0) is 17.3. The highest BCUT2D eigenvalue weighted by atomic mass is 127. The SMILES string of the molecule is CN=C(NCC(c1ccccc1)N1CCOCC1)NC1CCCCC1.I. The molecule has 146 valence electrons. The molecule has 2 aliphatic rings. The number of hydrogen-bond acceptors (Lipinski definition) is 3. The fourth-order valence-corrected chi connectivity index (χ4v) is 3.85. The van der Waals surface area contributed by atoms with Gasteiger partial charge in [0.15, 0.2) is 5.96 Å². The lowest BCUT2D eigenvalue weighted by atomic mass is 9.96. The van der Waals surface area contributed by atoms with Crippen molar-refractivity contribution in [2.24, 2.45) is 4.99 Å². The number of morpholine rings is 1. The molecule has 1 heterocycles. The number of hydrogen-bond donors (Lipinski definition) is 2. The van der Waals surface area contributed by atoms with Crippen LogP contribution in [0.5, 0.6) is 0 Å². The molecule has 0 bridgehead atoms. The van der Waals surface area contributed by atoms with Gasteiger partial charge in [0.05, 0.1) is 19.3 Å². The normalized spacial score (nSPS) is 20.9. The Morgan fingerprint density at radius 2 is 1.85 bits per heavy atom. The van der Waals surface area contributed by atoms with E-state index in [2.05, 4.69) is 50.9 Å². The van der Waals surface area contributed by atoms with E-state index in [0.717, 1.165) is 38.8 Å². The van der Waals surface area contributed by atoms with Crippen LogP contribution in [-0.4, -0.2) is 56.8 Å². The second-order valence-electron chi connectivity index (χ2n) is 7.01. The molecule has 1 aromatic carbocycles. The summed E-state index contributed by atoms with van der Waals surface area (Å²) in [6.45, 7) is 4.46. The van der Waals surface area contributed by atoms with Crippen molar-refractivity contribution in [1.29, 1.82) is 0 Å². The molecule has 3 rings (SSSR count). The molecule has 1 aliphatic carbocycles.